The Kier molecular flexibility index (Phi) is 1.89. The molecule has 3 aromatic rings. The van der Waals surface area contributed by atoms with Gasteiger partial charge in [-0.15, -0.1) is 0 Å². The topological polar surface area (TPSA) is 60.4 Å². The highest BCUT2D eigenvalue weighted by atomic mass is 16.6. The minimum atomic E-state index is -0.408. The summed E-state index contributed by atoms with van der Waals surface area (Å²) in [6.45, 7) is 1.99. The fraction of sp³-hybridized carbons (Fsp3) is 0.0833. The van der Waals surface area contributed by atoms with E-state index < -0.39 is 4.92 Å². The number of fused-ring (bicyclic) bond motifs is 3. The third kappa shape index (κ3) is 1.44. The number of hydrogen-bond donors (Lipinski definition) is 0. The molecule has 0 bridgehead atoms. The second-order valence-corrected chi connectivity index (χ2v) is 3.97. The zero-order chi connectivity index (χ0) is 12.0. The van der Waals surface area contributed by atoms with Crippen LogP contribution in [0.5, 0.6) is 0 Å². The van der Waals surface area contributed by atoms with Crippen LogP contribution >= 0.6 is 0 Å². The average molecular weight is 227 g/mol. The molecule has 17 heavy (non-hydrogen) atoms. The molecule has 0 saturated heterocycles. The second kappa shape index (κ2) is 3.28. The van der Waals surface area contributed by atoms with Crippen LogP contribution in [-0.2, 0) is 0 Å². The van der Waals surface area contributed by atoms with Crippen LogP contribution in [0, 0.1) is 17.0 Å². The molecule has 0 aliphatic carbocycles. The molecule has 2 aromatic heterocycles. The number of rotatable bonds is 1. The Labute approximate surface area is 96.5 Å². The van der Waals surface area contributed by atoms with Crippen molar-refractivity contribution in [1.29, 1.82) is 0 Å². The predicted octanol–water partition coefficient (Wildman–Crippen LogP) is 2.70. The molecular formula is C12H9N3O2. The van der Waals surface area contributed by atoms with Gasteiger partial charge in [-0.25, -0.2) is 4.98 Å². The molecule has 1 aromatic carbocycles. The molecule has 84 valence electrons. The first-order valence-corrected chi connectivity index (χ1v) is 5.18. The molecule has 0 atom stereocenters. The highest BCUT2D eigenvalue weighted by Crippen LogP contribution is 2.22. The lowest BCUT2D eigenvalue weighted by molar-refractivity contribution is -0.384. The van der Waals surface area contributed by atoms with Crippen molar-refractivity contribution in [3.63, 3.8) is 0 Å². The lowest BCUT2D eigenvalue weighted by Crippen LogP contribution is -1.87. The molecule has 0 aliphatic heterocycles. The minimum Gasteiger partial charge on any atom is -0.300 e. The summed E-state index contributed by atoms with van der Waals surface area (Å²) in [6, 6.07) is 8.65. The molecule has 0 saturated carbocycles. The van der Waals surface area contributed by atoms with Gasteiger partial charge in [0.05, 0.1) is 16.0 Å². The number of nitrogens with zero attached hydrogens (tertiary/aromatic N) is 3. The molecule has 0 amide bonds. The summed E-state index contributed by atoms with van der Waals surface area (Å²) in [5.74, 6) is 0. The highest BCUT2D eigenvalue weighted by Gasteiger charge is 2.10. The van der Waals surface area contributed by atoms with Gasteiger partial charge in [0.2, 0.25) is 0 Å². The zero-order valence-electron chi connectivity index (χ0n) is 9.12. The molecular weight excluding hydrogens is 218 g/mol. The molecule has 2 heterocycles. The monoisotopic (exact) mass is 227 g/mol. The van der Waals surface area contributed by atoms with E-state index in [0.717, 1.165) is 16.7 Å². The average Bonchev–Trinajstić information content (AvgIpc) is 2.64. The lowest BCUT2D eigenvalue weighted by atomic mass is 10.3. The van der Waals surface area contributed by atoms with Gasteiger partial charge in [-0.05, 0) is 30.7 Å². The van der Waals surface area contributed by atoms with E-state index in [4.69, 9.17) is 0 Å². The summed E-state index contributed by atoms with van der Waals surface area (Å²) in [4.78, 5) is 14.7. The van der Waals surface area contributed by atoms with Gasteiger partial charge in [0, 0.05) is 18.3 Å². The number of aromatic nitrogens is 2. The standard InChI is InChI=1S/C12H9N3O2/c1-8-4-5-14-11-3-2-9(15(16)17)7-10(11)13-12(14)6-8/h2-7H,1H3. The first-order valence-electron chi connectivity index (χ1n) is 5.18. The third-order valence-corrected chi connectivity index (χ3v) is 2.75. The fourth-order valence-electron chi connectivity index (χ4n) is 1.92. The van der Waals surface area contributed by atoms with Crippen LogP contribution in [0.2, 0.25) is 0 Å². The largest absolute Gasteiger partial charge is 0.300 e. The Morgan fingerprint density at radius 2 is 2.12 bits per heavy atom. The fourth-order valence-corrected chi connectivity index (χ4v) is 1.92. The molecule has 0 unspecified atom stereocenters. The summed E-state index contributed by atoms with van der Waals surface area (Å²) in [7, 11) is 0. The van der Waals surface area contributed by atoms with Crippen molar-refractivity contribution in [3.05, 3.63) is 52.2 Å². The van der Waals surface area contributed by atoms with Crippen LogP contribution in [-0.4, -0.2) is 14.3 Å². The molecule has 0 aliphatic rings. The SMILES string of the molecule is Cc1ccn2c(c1)nc1cc([N+](=O)[O-])ccc12. The third-order valence-electron chi connectivity index (χ3n) is 2.75. The van der Waals surface area contributed by atoms with Crippen LogP contribution in [0.4, 0.5) is 5.69 Å². The molecule has 0 fully saturated rings. The van der Waals surface area contributed by atoms with Gasteiger partial charge in [-0.2, -0.15) is 0 Å². The summed E-state index contributed by atoms with van der Waals surface area (Å²) >= 11 is 0. The quantitative estimate of drug-likeness (QED) is 0.474. The summed E-state index contributed by atoms with van der Waals surface area (Å²) in [5, 5.41) is 10.7. The van der Waals surface area contributed by atoms with E-state index in [2.05, 4.69) is 4.98 Å². The molecule has 5 nitrogen and oxygen atoms in total. The van der Waals surface area contributed by atoms with E-state index in [1.165, 1.54) is 12.1 Å². The van der Waals surface area contributed by atoms with E-state index >= 15 is 0 Å². The van der Waals surface area contributed by atoms with E-state index in [1.54, 1.807) is 6.07 Å². The van der Waals surface area contributed by atoms with Gasteiger partial charge in [0.25, 0.3) is 5.69 Å². The van der Waals surface area contributed by atoms with Gasteiger partial charge < -0.3 is 0 Å². The number of hydrogen-bond acceptors (Lipinski definition) is 3. The van der Waals surface area contributed by atoms with Gasteiger partial charge in [-0.1, -0.05) is 0 Å². The number of benzene rings is 1. The number of pyridine rings is 1. The minimum absolute atomic E-state index is 0.0672. The predicted molar refractivity (Wildman–Crippen MR) is 64.1 cm³/mol. The first kappa shape index (κ1) is 9.77. The van der Waals surface area contributed by atoms with Gasteiger partial charge in [-0.3, -0.25) is 14.5 Å². The second-order valence-electron chi connectivity index (χ2n) is 3.97. The van der Waals surface area contributed by atoms with Gasteiger partial charge >= 0.3 is 0 Å². The van der Waals surface area contributed by atoms with Crippen molar-refractivity contribution >= 4 is 22.4 Å². The Balaban J connectivity index is 2.38. The normalized spacial score (nSPS) is 11.1. The molecule has 5 heteroatoms. The number of imidazole rings is 1. The zero-order valence-corrected chi connectivity index (χ0v) is 9.12. The number of nitro benzene ring substituents is 1. The van der Waals surface area contributed by atoms with E-state index in [-0.39, 0.29) is 5.69 Å². The van der Waals surface area contributed by atoms with E-state index in [9.17, 15) is 10.1 Å². The van der Waals surface area contributed by atoms with Crippen LogP contribution in [0.3, 0.4) is 0 Å². The van der Waals surface area contributed by atoms with E-state index in [0.29, 0.717) is 5.52 Å². The van der Waals surface area contributed by atoms with Gasteiger partial charge in [0.15, 0.2) is 0 Å². The van der Waals surface area contributed by atoms with Crippen LogP contribution in [0.1, 0.15) is 5.56 Å². The Morgan fingerprint density at radius 1 is 1.29 bits per heavy atom. The molecule has 3 rings (SSSR count). The number of nitro groups is 1. The van der Waals surface area contributed by atoms with Crippen molar-refractivity contribution in [2.75, 3.05) is 0 Å². The molecule has 0 radical (unpaired) electrons. The van der Waals surface area contributed by atoms with E-state index in [1.807, 2.05) is 29.7 Å². The van der Waals surface area contributed by atoms with Crippen molar-refractivity contribution in [1.82, 2.24) is 9.38 Å². The van der Waals surface area contributed by atoms with Crippen LogP contribution in [0.25, 0.3) is 16.7 Å². The summed E-state index contributed by atoms with van der Waals surface area (Å²) in [6.07, 6.45) is 1.92. The highest BCUT2D eigenvalue weighted by molar-refractivity contribution is 5.82. The Bertz CT molecular complexity index is 746. The smallest absolute Gasteiger partial charge is 0.271 e. The van der Waals surface area contributed by atoms with Crippen molar-refractivity contribution < 1.29 is 4.92 Å². The van der Waals surface area contributed by atoms with Gasteiger partial charge in [0.1, 0.15) is 5.65 Å². The number of non-ortho nitro benzene ring substituents is 1. The maximum atomic E-state index is 10.7. The first-order chi connectivity index (χ1) is 8.15. The van der Waals surface area contributed by atoms with Crippen LogP contribution < -0.4 is 0 Å². The Hall–Kier alpha value is -2.43. The maximum absolute atomic E-state index is 10.7. The summed E-state index contributed by atoms with van der Waals surface area (Å²) < 4.78 is 1.92. The molecule has 0 spiro atoms. The van der Waals surface area contributed by atoms with Crippen molar-refractivity contribution in [2.24, 2.45) is 0 Å². The molecule has 0 N–H and O–H groups in total. The Morgan fingerprint density at radius 3 is 2.88 bits per heavy atom. The maximum Gasteiger partial charge on any atom is 0.271 e. The van der Waals surface area contributed by atoms with Crippen LogP contribution in [0.15, 0.2) is 36.5 Å². The summed E-state index contributed by atoms with van der Waals surface area (Å²) in [5.41, 5.74) is 3.51. The van der Waals surface area contributed by atoms with Crippen molar-refractivity contribution in [3.8, 4) is 0 Å². The van der Waals surface area contributed by atoms with Crippen molar-refractivity contribution in [2.45, 2.75) is 6.92 Å². The number of aryl methyl sites for hydroxylation is 1. The lowest BCUT2D eigenvalue weighted by Gasteiger charge is -1.96.